The van der Waals surface area contributed by atoms with Crippen molar-refractivity contribution in [2.75, 3.05) is 18.0 Å². The van der Waals surface area contributed by atoms with E-state index in [0.717, 1.165) is 12.4 Å². The van der Waals surface area contributed by atoms with E-state index < -0.39 is 10.9 Å². The van der Waals surface area contributed by atoms with Crippen molar-refractivity contribution in [1.82, 2.24) is 9.97 Å². The van der Waals surface area contributed by atoms with Crippen LogP contribution in [0.1, 0.15) is 13.8 Å². The molecular formula is C10H14N4O4. The Morgan fingerprint density at radius 1 is 1.50 bits per heavy atom. The zero-order valence-corrected chi connectivity index (χ0v) is 10.1. The predicted molar refractivity (Wildman–Crippen MR) is 63.4 cm³/mol. The number of hydrogen-bond acceptors (Lipinski definition) is 6. The van der Waals surface area contributed by atoms with E-state index in [2.05, 4.69) is 9.97 Å². The minimum atomic E-state index is -1.00. The van der Waals surface area contributed by atoms with Crippen LogP contribution in [0.3, 0.4) is 0 Å². The molecule has 0 atom stereocenters. The fraction of sp³-hybridized carbons (Fsp3) is 0.500. The van der Waals surface area contributed by atoms with Crippen LogP contribution in [0.25, 0.3) is 0 Å². The number of carboxylic acids is 1. The van der Waals surface area contributed by atoms with Crippen LogP contribution in [0.4, 0.5) is 11.6 Å². The summed E-state index contributed by atoms with van der Waals surface area (Å²) in [5.41, 5.74) is -0.224. The van der Waals surface area contributed by atoms with E-state index in [1.807, 2.05) is 13.8 Å². The van der Waals surface area contributed by atoms with Crippen molar-refractivity contribution in [3.05, 3.63) is 22.5 Å². The van der Waals surface area contributed by atoms with Crippen LogP contribution in [0.15, 0.2) is 12.4 Å². The van der Waals surface area contributed by atoms with Gasteiger partial charge in [-0.25, -0.2) is 9.97 Å². The van der Waals surface area contributed by atoms with Crippen molar-refractivity contribution < 1.29 is 14.8 Å². The Hall–Kier alpha value is -2.25. The summed E-state index contributed by atoms with van der Waals surface area (Å²) < 4.78 is 0. The number of anilines is 1. The number of aromatic nitrogens is 2. The molecule has 1 rings (SSSR count). The highest BCUT2D eigenvalue weighted by Crippen LogP contribution is 2.13. The van der Waals surface area contributed by atoms with Crippen molar-refractivity contribution in [1.29, 1.82) is 0 Å². The Bertz CT molecular complexity index is 432. The molecule has 1 aromatic heterocycles. The molecule has 98 valence electrons. The van der Waals surface area contributed by atoms with Crippen LogP contribution in [-0.2, 0) is 4.79 Å². The number of aliphatic carboxylic acids is 1. The van der Waals surface area contributed by atoms with Gasteiger partial charge in [0.1, 0.15) is 18.9 Å². The third kappa shape index (κ3) is 3.96. The van der Waals surface area contributed by atoms with E-state index in [1.165, 1.54) is 4.90 Å². The molecule has 0 aliphatic carbocycles. The first kappa shape index (κ1) is 13.8. The monoisotopic (exact) mass is 254 g/mol. The number of hydrogen-bond donors (Lipinski definition) is 1. The number of carboxylic acid groups (broad SMARTS) is 1. The van der Waals surface area contributed by atoms with Gasteiger partial charge in [0.2, 0.25) is 5.95 Å². The second-order valence-electron chi connectivity index (χ2n) is 4.17. The molecule has 8 nitrogen and oxygen atoms in total. The highest BCUT2D eigenvalue weighted by molar-refractivity contribution is 5.72. The average molecular weight is 254 g/mol. The van der Waals surface area contributed by atoms with Gasteiger partial charge >= 0.3 is 11.7 Å². The molecule has 1 N–H and O–H groups in total. The molecular weight excluding hydrogens is 240 g/mol. The Morgan fingerprint density at radius 3 is 2.44 bits per heavy atom. The first-order valence-corrected chi connectivity index (χ1v) is 5.33. The predicted octanol–water partition coefficient (Wildman–Crippen LogP) is 0.932. The van der Waals surface area contributed by atoms with Crippen LogP contribution in [0.5, 0.6) is 0 Å². The molecule has 0 radical (unpaired) electrons. The fourth-order valence-corrected chi connectivity index (χ4v) is 1.39. The van der Waals surface area contributed by atoms with Gasteiger partial charge in [0.05, 0.1) is 4.92 Å². The molecule has 8 heteroatoms. The lowest BCUT2D eigenvalue weighted by Gasteiger charge is -2.22. The van der Waals surface area contributed by atoms with E-state index in [-0.39, 0.29) is 24.1 Å². The Labute approximate surface area is 103 Å². The van der Waals surface area contributed by atoms with Gasteiger partial charge in [0, 0.05) is 6.54 Å². The first-order chi connectivity index (χ1) is 8.40. The van der Waals surface area contributed by atoms with Crippen molar-refractivity contribution >= 4 is 17.6 Å². The van der Waals surface area contributed by atoms with Gasteiger partial charge in [-0.2, -0.15) is 0 Å². The Kier molecular flexibility index (Phi) is 4.52. The summed E-state index contributed by atoms with van der Waals surface area (Å²) in [4.78, 5) is 29.7. The molecule has 0 amide bonds. The normalized spacial score (nSPS) is 10.4. The van der Waals surface area contributed by atoms with E-state index in [9.17, 15) is 14.9 Å². The maximum atomic E-state index is 10.7. The van der Waals surface area contributed by atoms with Gasteiger partial charge in [-0.3, -0.25) is 14.9 Å². The number of nitrogens with zero attached hydrogens (tertiary/aromatic N) is 4. The number of rotatable bonds is 6. The molecule has 0 fully saturated rings. The number of nitro groups is 1. The summed E-state index contributed by atoms with van der Waals surface area (Å²) in [7, 11) is 0. The lowest BCUT2D eigenvalue weighted by Crippen LogP contribution is -2.34. The molecule has 0 spiro atoms. The third-order valence-corrected chi connectivity index (χ3v) is 2.03. The molecule has 0 saturated heterocycles. The topological polar surface area (TPSA) is 109 Å². The van der Waals surface area contributed by atoms with Crippen LogP contribution >= 0.6 is 0 Å². The zero-order valence-electron chi connectivity index (χ0n) is 10.1. The summed E-state index contributed by atoms with van der Waals surface area (Å²) in [6.07, 6.45) is 2.13. The van der Waals surface area contributed by atoms with E-state index >= 15 is 0 Å². The molecule has 0 aliphatic rings. The van der Waals surface area contributed by atoms with Crippen molar-refractivity contribution in [3.8, 4) is 0 Å². The van der Waals surface area contributed by atoms with Gasteiger partial charge in [-0.05, 0) is 5.92 Å². The average Bonchev–Trinajstić information content (AvgIpc) is 2.27. The quantitative estimate of drug-likeness (QED) is 0.594. The SMILES string of the molecule is CC(C)CN(CC(=O)O)c1ncc([N+](=O)[O-])cn1. The maximum Gasteiger partial charge on any atom is 0.323 e. The van der Waals surface area contributed by atoms with Gasteiger partial charge in [-0.1, -0.05) is 13.8 Å². The van der Waals surface area contributed by atoms with Gasteiger partial charge < -0.3 is 10.0 Å². The second-order valence-corrected chi connectivity index (χ2v) is 4.17. The Morgan fingerprint density at radius 2 is 2.06 bits per heavy atom. The van der Waals surface area contributed by atoms with E-state index in [0.29, 0.717) is 6.54 Å². The van der Waals surface area contributed by atoms with Gasteiger partial charge in [0.25, 0.3) is 0 Å². The molecule has 18 heavy (non-hydrogen) atoms. The molecule has 0 bridgehead atoms. The zero-order chi connectivity index (χ0) is 13.7. The lowest BCUT2D eigenvalue weighted by molar-refractivity contribution is -0.385. The highest BCUT2D eigenvalue weighted by Gasteiger charge is 2.16. The molecule has 0 saturated carbocycles. The highest BCUT2D eigenvalue weighted by atomic mass is 16.6. The maximum absolute atomic E-state index is 10.7. The van der Waals surface area contributed by atoms with Crippen LogP contribution in [0.2, 0.25) is 0 Å². The first-order valence-electron chi connectivity index (χ1n) is 5.33. The summed E-state index contributed by atoms with van der Waals surface area (Å²) in [6.45, 7) is 4.08. The second kappa shape index (κ2) is 5.89. The largest absolute Gasteiger partial charge is 0.480 e. The van der Waals surface area contributed by atoms with Crippen molar-refractivity contribution in [3.63, 3.8) is 0 Å². The van der Waals surface area contributed by atoms with Crippen molar-refractivity contribution in [2.45, 2.75) is 13.8 Å². The van der Waals surface area contributed by atoms with Gasteiger partial charge in [-0.15, -0.1) is 0 Å². The van der Waals surface area contributed by atoms with Crippen LogP contribution in [0, 0.1) is 16.0 Å². The van der Waals surface area contributed by atoms with Crippen LogP contribution < -0.4 is 4.90 Å². The standard InChI is InChI=1S/C10H14N4O4/c1-7(2)5-13(6-9(15)16)10-11-3-8(4-12-10)14(17)18/h3-4,7H,5-6H2,1-2H3,(H,15,16). The third-order valence-electron chi connectivity index (χ3n) is 2.03. The lowest BCUT2D eigenvalue weighted by atomic mass is 10.2. The van der Waals surface area contributed by atoms with Gasteiger partial charge in [0.15, 0.2) is 0 Å². The minimum absolute atomic E-state index is 0.178. The van der Waals surface area contributed by atoms with E-state index in [4.69, 9.17) is 5.11 Å². The fourth-order valence-electron chi connectivity index (χ4n) is 1.39. The smallest absolute Gasteiger partial charge is 0.323 e. The summed E-state index contributed by atoms with van der Waals surface area (Å²) >= 11 is 0. The summed E-state index contributed by atoms with van der Waals surface area (Å²) in [5, 5.41) is 19.3. The van der Waals surface area contributed by atoms with E-state index in [1.54, 1.807) is 0 Å². The summed E-state index contributed by atoms with van der Waals surface area (Å²) in [6, 6.07) is 0. The molecule has 0 aliphatic heterocycles. The molecule has 1 aromatic rings. The van der Waals surface area contributed by atoms with Crippen molar-refractivity contribution in [2.24, 2.45) is 5.92 Å². The minimum Gasteiger partial charge on any atom is -0.480 e. The Balaban J connectivity index is 2.90. The molecule has 1 heterocycles. The molecule has 0 aromatic carbocycles. The molecule has 0 unspecified atom stereocenters. The summed E-state index contributed by atoms with van der Waals surface area (Å²) in [5.74, 6) is -0.600. The van der Waals surface area contributed by atoms with Crippen LogP contribution in [-0.4, -0.2) is 39.1 Å². The number of carbonyl (C=O) groups is 1.